The molecule has 0 amide bonds. The average Bonchev–Trinajstić information content (AvgIpc) is 3.59. The van der Waals surface area contributed by atoms with Gasteiger partial charge in [0.2, 0.25) is 22.8 Å². The molecular weight excluding hydrogens is 554 g/mol. The Morgan fingerprint density at radius 3 is 2.55 bits per heavy atom. The van der Waals surface area contributed by atoms with Crippen molar-refractivity contribution in [2.24, 2.45) is 0 Å². The van der Waals surface area contributed by atoms with E-state index in [4.69, 9.17) is 21.1 Å². The van der Waals surface area contributed by atoms with Crippen LogP contribution in [0.5, 0.6) is 11.5 Å². The Kier molecular flexibility index (Phi) is 6.85. The number of nitrogens with one attached hydrogen (secondary N) is 2. The van der Waals surface area contributed by atoms with Crippen LogP contribution in [0.25, 0.3) is 10.9 Å². The van der Waals surface area contributed by atoms with Crippen LogP contribution in [-0.4, -0.2) is 73.5 Å². The number of anilines is 5. The van der Waals surface area contributed by atoms with E-state index in [0.29, 0.717) is 40.3 Å². The quantitative estimate of drug-likeness (QED) is 0.319. The number of piperidine rings is 1. The maximum absolute atomic E-state index is 12.3. The van der Waals surface area contributed by atoms with Gasteiger partial charge in [-0.3, -0.25) is 0 Å². The Morgan fingerprint density at radius 2 is 1.80 bits per heavy atom. The smallest absolute Gasteiger partial charge is 0.236 e. The van der Waals surface area contributed by atoms with Crippen LogP contribution in [0.4, 0.5) is 28.8 Å². The molecule has 6 rings (SSSR count). The first-order chi connectivity index (χ1) is 19.2. The van der Waals surface area contributed by atoms with Gasteiger partial charge in [0.05, 0.1) is 35.0 Å². The maximum Gasteiger partial charge on any atom is 0.236 e. The maximum atomic E-state index is 12.3. The highest BCUT2D eigenvalue weighted by Crippen LogP contribution is 2.47. The van der Waals surface area contributed by atoms with Gasteiger partial charge in [-0.15, -0.1) is 0 Å². The van der Waals surface area contributed by atoms with Crippen LogP contribution in [0.1, 0.15) is 12.8 Å². The van der Waals surface area contributed by atoms with E-state index in [1.54, 1.807) is 12.1 Å². The fraction of sp³-hybridized carbons (Fsp3) is 0.333. The van der Waals surface area contributed by atoms with Crippen molar-refractivity contribution in [3.05, 3.63) is 53.8 Å². The summed E-state index contributed by atoms with van der Waals surface area (Å²) < 4.78 is 37.7. The number of aromatic nitrogens is 3. The summed E-state index contributed by atoms with van der Waals surface area (Å²) in [4.78, 5) is 13.5. The van der Waals surface area contributed by atoms with Gasteiger partial charge in [-0.05, 0) is 51.2 Å². The van der Waals surface area contributed by atoms with Gasteiger partial charge < -0.3 is 29.9 Å². The van der Waals surface area contributed by atoms with E-state index in [2.05, 4.69) is 44.5 Å². The van der Waals surface area contributed by atoms with E-state index in [0.717, 1.165) is 43.3 Å². The molecule has 0 unspecified atom stereocenters. The van der Waals surface area contributed by atoms with Gasteiger partial charge in [0.1, 0.15) is 5.02 Å². The number of ether oxygens (including phenoxy) is 2. The van der Waals surface area contributed by atoms with Crippen molar-refractivity contribution < 1.29 is 17.9 Å². The third-order valence-electron chi connectivity index (χ3n) is 7.31. The first-order valence-corrected chi connectivity index (χ1v) is 15.1. The summed E-state index contributed by atoms with van der Waals surface area (Å²) in [5, 5.41) is 7.45. The van der Waals surface area contributed by atoms with Crippen molar-refractivity contribution in [3.63, 3.8) is 0 Å². The van der Waals surface area contributed by atoms with Crippen LogP contribution in [0, 0.1) is 0 Å². The van der Waals surface area contributed by atoms with E-state index in [9.17, 15) is 8.42 Å². The largest absolute Gasteiger partial charge is 0.451 e. The molecule has 40 heavy (non-hydrogen) atoms. The molecule has 2 N–H and O–H groups in total. The summed E-state index contributed by atoms with van der Waals surface area (Å²) in [7, 11) is 0.739. The second-order valence-corrected chi connectivity index (χ2v) is 12.4. The summed E-state index contributed by atoms with van der Waals surface area (Å²) in [6.45, 7) is 2.01. The topological polar surface area (TPSA) is 114 Å². The highest BCUT2D eigenvalue weighted by molar-refractivity contribution is 7.89. The predicted molar refractivity (Wildman–Crippen MR) is 157 cm³/mol. The van der Waals surface area contributed by atoms with Crippen molar-refractivity contribution in [2.75, 3.05) is 55.8 Å². The molecule has 0 radical (unpaired) electrons. The van der Waals surface area contributed by atoms with Crippen molar-refractivity contribution >= 4 is 61.4 Å². The van der Waals surface area contributed by atoms with Crippen LogP contribution >= 0.6 is 11.6 Å². The van der Waals surface area contributed by atoms with Crippen LogP contribution in [0.3, 0.4) is 0 Å². The molecule has 0 bridgehead atoms. The number of nitrogens with zero attached hydrogens (tertiary/aromatic N) is 5. The Labute approximate surface area is 237 Å². The number of rotatable bonds is 7. The van der Waals surface area contributed by atoms with Gasteiger partial charge >= 0.3 is 0 Å². The molecule has 0 aliphatic carbocycles. The minimum absolute atomic E-state index is 0.132. The molecule has 210 valence electrons. The molecule has 2 aliphatic heterocycles. The first-order valence-electron chi connectivity index (χ1n) is 12.9. The van der Waals surface area contributed by atoms with Crippen molar-refractivity contribution in [1.82, 2.24) is 18.8 Å². The van der Waals surface area contributed by atoms with Crippen molar-refractivity contribution in [3.8, 4) is 11.5 Å². The minimum atomic E-state index is -3.52. The summed E-state index contributed by atoms with van der Waals surface area (Å²) in [6, 6.07) is 11.7. The van der Waals surface area contributed by atoms with E-state index in [1.165, 1.54) is 16.4 Å². The first kappa shape index (κ1) is 26.5. The lowest BCUT2D eigenvalue weighted by molar-refractivity contribution is 0.174. The van der Waals surface area contributed by atoms with E-state index < -0.39 is 10.0 Å². The molecule has 1 fully saturated rings. The normalized spacial score (nSPS) is 15.7. The summed E-state index contributed by atoms with van der Waals surface area (Å²) in [5.41, 5.74) is 2.72. The van der Waals surface area contributed by atoms with Crippen LogP contribution < -0.4 is 25.0 Å². The van der Waals surface area contributed by atoms with Crippen LogP contribution in [0.2, 0.25) is 5.02 Å². The van der Waals surface area contributed by atoms with Gasteiger partial charge in [-0.2, -0.15) is 4.98 Å². The Hall–Kier alpha value is -3.74. The molecule has 2 aliphatic rings. The molecule has 0 spiro atoms. The number of benzene rings is 2. The lowest BCUT2D eigenvalue weighted by atomic mass is 10.0. The fourth-order valence-electron chi connectivity index (χ4n) is 5.26. The molecule has 0 saturated carbocycles. The molecule has 4 aromatic rings. The lowest BCUT2D eigenvalue weighted by Gasteiger charge is -2.36. The van der Waals surface area contributed by atoms with Crippen LogP contribution in [0.15, 0.2) is 48.8 Å². The average molecular weight is 584 g/mol. The molecule has 11 nitrogen and oxygen atoms in total. The fourth-order valence-corrected chi connectivity index (χ4v) is 6.21. The zero-order valence-corrected chi connectivity index (χ0v) is 24.0. The third-order valence-corrected chi connectivity index (χ3v) is 8.61. The van der Waals surface area contributed by atoms with Gasteiger partial charge in [0.25, 0.3) is 0 Å². The number of hydrogen-bond donors (Lipinski definition) is 2. The van der Waals surface area contributed by atoms with Gasteiger partial charge in [-0.25, -0.2) is 17.4 Å². The Balaban J connectivity index is 1.27. The van der Waals surface area contributed by atoms with Crippen molar-refractivity contribution in [1.29, 1.82) is 0 Å². The summed E-state index contributed by atoms with van der Waals surface area (Å²) in [6.07, 6.45) is 6.33. The van der Waals surface area contributed by atoms with E-state index >= 15 is 0 Å². The Morgan fingerprint density at radius 1 is 1.02 bits per heavy atom. The monoisotopic (exact) mass is 583 g/mol. The molecule has 4 heterocycles. The molecule has 2 aromatic carbocycles. The van der Waals surface area contributed by atoms with E-state index in [-0.39, 0.29) is 17.8 Å². The number of hydrogen-bond acceptors (Lipinski definition) is 10. The highest BCUT2D eigenvalue weighted by Gasteiger charge is 2.28. The number of para-hydroxylation sites is 1. The second-order valence-electron chi connectivity index (χ2n) is 10.1. The minimum Gasteiger partial charge on any atom is -0.451 e. The molecule has 0 atom stereocenters. The number of halogens is 1. The highest BCUT2D eigenvalue weighted by atomic mass is 35.5. The molecular formula is C27H30ClN7O4S. The van der Waals surface area contributed by atoms with Gasteiger partial charge in [0.15, 0.2) is 17.3 Å². The van der Waals surface area contributed by atoms with E-state index in [1.807, 2.05) is 24.3 Å². The second kappa shape index (κ2) is 10.3. The summed E-state index contributed by atoms with van der Waals surface area (Å²) >= 11 is 6.44. The molecule has 13 heteroatoms. The standard InChI is InChI=1S/C27H30ClN7O4S/c1-33(2)18-10-12-34(13-11-18)22-8-7-21(24-25(22)39-16-38-24)31-27-29-15-19(28)26(32-27)30-20-6-4-5-17-9-14-35(23(17)20)40(3,36)37/h4-9,14-15,18H,10-13,16H2,1-3H3,(H2,29,30,31,32). The number of fused-ring (bicyclic) bond motifs is 2. The summed E-state index contributed by atoms with van der Waals surface area (Å²) in [5.74, 6) is 1.92. The van der Waals surface area contributed by atoms with Crippen molar-refractivity contribution in [2.45, 2.75) is 18.9 Å². The predicted octanol–water partition coefficient (Wildman–Crippen LogP) is 4.64. The van der Waals surface area contributed by atoms with Gasteiger partial charge in [0, 0.05) is 30.7 Å². The zero-order chi connectivity index (χ0) is 28.0. The third kappa shape index (κ3) is 4.98. The SMILES string of the molecule is CN(C)C1CCN(c2ccc(Nc3ncc(Cl)c(Nc4cccc5ccn(S(C)(=O)=O)c45)n3)c3c2OCO3)CC1. The molecule has 1 saturated heterocycles. The van der Waals surface area contributed by atoms with Crippen LogP contribution in [-0.2, 0) is 10.0 Å². The zero-order valence-electron chi connectivity index (χ0n) is 22.4. The van der Waals surface area contributed by atoms with Gasteiger partial charge in [-0.1, -0.05) is 23.7 Å². The molecule has 2 aromatic heterocycles. The Bertz CT molecular complexity index is 1680. The lowest BCUT2D eigenvalue weighted by Crippen LogP contribution is -2.42.